The maximum atomic E-state index is 12.5. The fourth-order valence-electron chi connectivity index (χ4n) is 3.07. The molecule has 0 aliphatic carbocycles. The van der Waals surface area contributed by atoms with Gasteiger partial charge >= 0.3 is 0 Å². The Bertz CT molecular complexity index is 1360. The van der Waals surface area contributed by atoms with Crippen LogP contribution in [-0.2, 0) is 21.2 Å². The van der Waals surface area contributed by atoms with E-state index in [-0.39, 0.29) is 30.4 Å². The SMILES string of the molecule is C#CCn1c(=NC(=O)CCS(=O)(=O)c2ccc(OC)cc2)sc2cc3c(cc21)OCO3. The van der Waals surface area contributed by atoms with Gasteiger partial charge in [0.25, 0.3) is 0 Å². The molecule has 160 valence electrons. The summed E-state index contributed by atoms with van der Waals surface area (Å²) in [5.41, 5.74) is 0.768. The van der Waals surface area contributed by atoms with Crippen LogP contribution in [0.25, 0.3) is 10.2 Å². The zero-order valence-corrected chi connectivity index (χ0v) is 18.2. The highest BCUT2D eigenvalue weighted by Gasteiger charge is 2.19. The first-order valence-corrected chi connectivity index (χ1v) is 11.7. The second-order valence-corrected chi connectivity index (χ2v) is 9.72. The van der Waals surface area contributed by atoms with Gasteiger partial charge in [-0.3, -0.25) is 4.79 Å². The van der Waals surface area contributed by atoms with Gasteiger partial charge in [-0.25, -0.2) is 8.42 Å². The van der Waals surface area contributed by atoms with E-state index in [4.69, 9.17) is 20.6 Å². The summed E-state index contributed by atoms with van der Waals surface area (Å²) in [5, 5.41) is 0. The van der Waals surface area contributed by atoms with E-state index in [2.05, 4.69) is 10.9 Å². The topological polar surface area (TPSA) is 96.2 Å². The number of amides is 1. The van der Waals surface area contributed by atoms with Crippen LogP contribution >= 0.6 is 11.3 Å². The van der Waals surface area contributed by atoms with Crippen LogP contribution in [0.5, 0.6) is 17.2 Å². The maximum absolute atomic E-state index is 12.5. The highest BCUT2D eigenvalue weighted by atomic mass is 32.2. The predicted molar refractivity (Wildman–Crippen MR) is 115 cm³/mol. The Morgan fingerprint density at radius 2 is 1.97 bits per heavy atom. The van der Waals surface area contributed by atoms with Crippen LogP contribution in [0.1, 0.15) is 6.42 Å². The summed E-state index contributed by atoms with van der Waals surface area (Å²) in [4.78, 5) is 17.1. The monoisotopic (exact) mass is 458 g/mol. The number of carbonyl (C=O) groups is 1. The molecule has 0 radical (unpaired) electrons. The third-order valence-corrected chi connectivity index (χ3v) is 7.42. The first-order chi connectivity index (χ1) is 14.9. The predicted octanol–water partition coefficient (Wildman–Crippen LogP) is 2.36. The van der Waals surface area contributed by atoms with E-state index in [9.17, 15) is 13.2 Å². The summed E-state index contributed by atoms with van der Waals surface area (Å²) < 4.78 is 43.4. The Labute approximate surface area is 182 Å². The number of hydrogen-bond acceptors (Lipinski definition) is 7. The smallest absolute Gasteiger partial charge is 0.249 e. The van der Waals surface area contributed by atoms with E-state index in [0.29, 0.717) is 22.0 Å². The molecular formula is C21H18N2O6S2. The van der Waals surface area contributed by atoms with Crippen LogP contribution in [0, 0.1) is 12.3 Å². The number of sulfone groups is 1. The van der Waals surface area contributed by atoms with E-state index in [1.807, 2.05) is 6.07 Å². The van der Waals surface area contributed by atoms with Gasteiger partial charge in [0.1, 0.15) is 5.75 Å². The standard InChI is InChI=1S/C21H18N2O6S2/c1-3-9-23-16-11-17-18(29-13-28-17)12-19(16)30-21(23)22-20(24)8-10-31(25,26)15-6-4-14(27-2)5-7-15/h1,4-7,11-12H,8-10,13H2,2H3. The number of carbonyl (C=O) groups excluding carboxylic acids is 1. The third kappa shape index (κ3) is 4.28. The van der Waals surface area contributed by atoms with Gasteiger partial charge in [0.05, 0.1) is 34.5 Å². The molecule has 1 aromatic heterocycles. The van der Waals surface area contributed by atoms with Crippen LogP contribution in [0.3, 0.4) is 0 Å². The van der Waals surface area contributed by atoms with Gasteiger partial charge in [-0.15, -0.1) is 6.42 Å². The summed E-state index contributed by atoms with van der Waals surface area (Å²) in [6.07, 6.45) is 5.24. The minimum Gasteiger partial charge on any atom is -0.497 e. The number of benzene rings is 2. The molecule has 0 unspecified atom stereocenters. The first-order valence-electron chi connectivity index (χ1n) is 9.22. The van der Waals surface area contributed by atoms with Crippen molar-refractivity contribution in [2.75, 3.05) is 19.7 Å². The number of ether oxygens (including phenoxy) is 3. The largest absolute Gasteiger partial charge is 0.497 e. The van der Waals surface area contributed by atoms with Gasteiger partial charge in [-0.1, -0.05) is 17.3 Å². The molecule has 10 heteroatoms. The van der Waals surface area contributed by atoms with Gasteiger partial charge in [-0.2, -0.15) is 4.99 Å². The average Bonchev–Trinajstić information content (AvgIpc) is 3.35. The van der Waals surface area contributed by atoms with Crippen LogP contribution in [0.4, 0.5) is 0 Å². The number of terminal acetylenes is 1. The lowest BCUT2D eigenvalue weighted by atomic mass is 10.3. The third-order valence-electron chi connectivity index (χ3n) is 4.65. The molecule has 0 bridgehead atoms. The van der Waals surface area contributed by atoms with Crippen LogP contribution in [0.15, 0.2) is 46.3 Å². The highest BCUT2D eigenvalue weighted by molar-refractivity contribution is 7.91. The second kappa shape index (κ2) is 8.45. The van der Waals surface area contributed by atoms with Crippen molar-refractivity contribution in [2.24, 2.45) is 4.99 Å². The molecule has 1 aliphatic rings. The molecule has 0 spiro atoms. The van der Waals surface area contributed by atoms with Crippen molar-refractivity contribution in [3.8, 4) is 29.6 Å². The number of rotatable bonds is 6. The minimum absolute atomic E-state index is 0.125. The minimum atomic E-state index is -3.63. The van der Waals surface area contributed by atoms with Gasteiger partial charge in [0.15, 0.2) is 26.1 Å². The van der Waals surface area contributed by atoms with Crippen molar-refractivity contribution < 1.29 is 27.4 Å². The number of methoxy groups -OCH3 is 1. The fraction of sp³-hybridized carbons (Fsp3) is 0.238. The molecule has 0 saturated carbocycles. The Morgan fingerprint density at radius 1 is 1.26 bits per heavy atom. The molecule has 0 fully saturated rings. The summed E-state index contributed by atoms with van der Waals surface area (Å²) in [6.45, 7) is 0.357. The first kappa shape index (κ1) is 21.0. The molecular weight excluding hydrogens is 440 g/mol. The van der Waals surface area contributed by atoms with E-state index >= 15 is 0 Å². The zero-order valence-electron chi connectivity index (χ0n) is 16.5. The average molecular weight is 459 g/mol. The van der Waals surface area contributed by atoms with E-state index in [1.165, 1.54) is 30.6 Å². The summed E-state index contributed by atoms with van der Waals surface area (Å²) in [6, 6.07) is 9.63. The number of nitrogens with zero attached hydrogens (tertiary/aromatic N) is 2. The van der Waals surface area contributed by atoms with Crippen molar-refractivity contribution in [1.29, 1.82) is 0 Å². The van der Waals surface area contributed by atoms with Crippen molar-refractivity contribution in [3.63, 3.8) is 0 Å². The lowest BCUT2D eigenvalue weighted by Gasteiger charge is -2.04. The molecule has 3 aromatic rings. The quantitative estimate of drug-likeness (QED) is 0.526. The normalized spacial score (nSPS) is 13.4. The van der Waals surface area contributed by atoms with Gasteiger partial charge in [0, 0.05) is 18.6 Å². The van der Waals surface area contributed by atoms with Crippen molar-refractivity contribution in [1.82, 2.24) is 4.57 Å². The Kier molecular flexibility index (Phi) is 5.71. The zero-order chi connectivity index (χ0) is 22.0. The van der Waals surface area contributed by atoms with Crippen molar-refractivity contribution in [3.05, 3.63) is 41.2 Å². The number of fused-ring (bicyclic) bond motifs is 2. The molecule has 0 N–H and O–H groups in total. The van der Waals surface area contributed by atoms with E-state index in [0.717, 1.165) is 10.2 Å². The second-order valence-electron chi connectivity index (χ2n) is 6.60. The van der Waals surface area contributed by atoms with Gasteiger partial charge < -0.3 is 18.8 Å². The van der Waals surface area contributed by atoms with E-state index < -0.39 is 15.7 Å². The number of hydrogen-bond donors (Lipinski definition) is 0. The molecule has 0 saturated heterocycles. The van der Waals surface area contributed by atoms with Gasteiger partial charge in [-0.05, 0) is 24.3 Å². The Morgan fingerprint density at radius 3 is 2.65 bits per heavy atom. The summed E-state index contributed by atoms with van der Waals surface area (Å²) in [7, 11) is -2.13. The van der Waals surface area contributed by atoms with E-state index in [1.54, 1.807) is 22.8 Å². The lowest BCUT2D eigenvalue weighted by molar-refractivity contribution is -0.117. The molecule has 2 heterocycles. The van der Waals surface area contributed by atoms with Crippen LogP contribution in [-0.4, -0.2) is 38.5 Å². The molecule has 2 aromatic carbocycles. The Hall–Kier alpha value is -3.29. The summed E-state index contributed by atoms with van der Waals surface area (Å²) in [5.74, 6) is 3.42. The maximum Gasteiger partial charge on any atom is 0.249 e. The lowest BCUT2D eigenvalue weighted by Crippen LogP contribution is -2.18. The fourth-order valence-corrected chi connectivity index (χ4v) is 5.36. The van der Waals surface area contributed by atoms with Crippen molar-refractivity contribution in [2.45, 2.75) is 17.9 Å². The molecule has 0 atom stereocenters. The molecule has 1 amide bonds. The number of aromatic nitrogens is 1. The van der Waals surface area contributed by atoms with Crippen LogP contribution < -0.4 is 19.0 Å². The number of thiazole rings is 1. The highest BCUT2D eigenvalue weighted by Crippen LogP contribution is 2.36. The molecule has 31 heavy (non-hydrogen) atoms. The Balaban J connectivity index is 1.58. The summed E-state index contributed by atoms with van der Waals surface area (Å²) >= 11 is 1.27. The molecule has 4 rings (SSSR count). The van der Waals surface area contributed by atoms with Crippen molar-refractivity contribution >= 4 is 37.3 Å². The van der Waals surface area contributed by atoms with Gasteiger partial charge in [0.2, 0.25) is 12.7 Å². The molecule has 1 aliphatic heterocycles. The van der Waals surface area contributed by atoms with Crippen LogP contribution in [0.2, 0.25) is 0 Å². The molecule has 8 nitrogen and oxygen atoms in total.